The number of aromatic nitrogens is 2. The van der Waals surface area contributed by atoms with Crippen molar-refractivity contribution < 1.29 is 24.0 Å². The van der Waals surface area contributed by atoms with Gasteiger partial charge in [0.1, 0.15) is 28.5 Å². The number of aliphatic hydroxyl groups is 1. The van der Waals surface area contributed by atoms with Crippen LogP contribution in [0.2, 0.25) is 0 Å². The fraction of sp³-hybridized carbons (Fsp3) is 0.533. The Labute approximate surface area is 132 Å². The van der Waals surface area contributed by atoms with Crippen LogP contribution in [0.25, 0.3) is 11.0 Å². The summed E-state index contributed by atoms with van der Waals surface area (Å²) in [5, 5.41) is 21.2. The fourth-order valence-corrected chi connectivity index (χ4v) is 2.70. The molecule has 2 atom stereocenters. The molecule has 0 bridgehead atoms. The standard InChI is InChI=1S/C15H19N3O5/c1-4-21-12(19)7-16-13-8-5-9-10(18-23-17-9)6-11(8)22-15(2,3)14(13)20/h5-6,13-14,16,20H,4,7H2,1-3H3. The normalized spacial score (nSPS) is 22.4. The molecule has 8 heteroatoms. The molecule has 124 valence electrons. The second-order valence-electron chi connectivity index (χ2n) is 5.96. The number of aliphatic hydroxyl groups excluding tert-OH is 1. The van der Waals surface area contributed by atoms with Crippen LogP contribution in [0.4, 0.5) is 0 Å². The smallest absolute Gasteiger partial charge is 0.319 e. The van der Waals surface area contributed by atoms with Crippen molar-refractivity contribution >= 4 is 17.0 Å². The second kappa shape index (κ2) is 5.78. The first-order chi connectivity index (χ1) is 10.9. The number of nitrogens with one attached hydrogen (secondary N) is 1. The average molecular weight is 321 g/mol. The lowest BCUT2D eigenvalue weighted by atomic mass is 9.86. The number of ether oxygens (including phenoxy) is 2. The third-order valence-corrected chi connectivity index (χ3v) is 3.89. The molecular weight excluding hydrogens is 302 g/mol. The molecule has 0 saturated carbocycles. The maximum atomic E-state index is 11.6. The zero-order valence-electron chi connectivity index (χ0n) is 13.2. The highest BCUT2D eigenvalue weighted by atomic mass is 16.6. The maximum absolute atomic E-state index is 11.6. The van der Waals surface area contributed by atoms with Gasteiger partial charge in [0.05, 0.1) is 19.2 Å². The van der Waals surface area contributed by atoms with Crippen LogP contribution in [-0.2, 0) is 9.53 Å². The van der Waals surface area contributed by atoms with Crippen LogP contribution in [0.3, 0.4) is 0 Å². The summed E-state index contributed by atoms with van der Waals surface area (Å²) in [6.07, 6.45) is -0.860. The molecule has 23 heavy (non-hydrogen) atoms. The van der Waals surface area contributed by atoms with Crippen LogP contribution >= 0.6 is 0 Å². The molecule has 0 spiro atoms. The maximum Gasteiger partial charge on any atom is 0.319 e. The predicted molar refractivity (Wildman–Crippen MR) is 79.9 cm³/mol. The molecule has 2 heterocycles. The highest BCUT2D eigenvalue weighted by molar-refractivity contribution is 5.77. The molecule has 1 aliphatic rings. The Bertz CT molecular complexity index is 727. The summed E-state index contributed by atoms with van der Waals surface area (Å²) in [4.78, 5) is 11.6. The molecule has 0 radical (unpaired) electrons. The number of hydrogen-bond acceptors (Lipinski definition) is 8. The summed E-state index contributed by atoms with van der Waals surface area (Å²) < 4.78 is 15.5. The molecule has 1 aromatic carbocycles. The van der Waals surface area contributed by atoms with Gasteiger partial charge < -0.3 is 14.6 Å². The van der Waals surface area contributed by atoms with Crippen molar-refractivity contribution in [2.45, 2.75) is 38.5 Å². The van der Waals surface area contributed by atoms with Crippen molar-refractivity contribution in [3.05, 3.63) is 17.7 Å². The summed E-state index contributed by atoms with van der Waals surface area (Å²) in [5.41, 5.74) is 0.996. The molecule has 3 rings (SSSR count). The van der Waals surface area contributed by atoms with E-state index in [1.54, 1.807) is 32.9 Å². The topological polar surface area (TPSA) is 107 Å². The molecule has 2 unspecified atom stereocenters. The Kier molecular flexibility index (Phi) is 3.95. The van der Waals surface area contributed by atoms with Gasteiger partial charge in [-0.15, -0.1) is 0 Å². The number of hydrogen-bond donors (Lipinski definition) is 2. The van der Waals surface area contributed by atoms with Crippen molar-refractivity contribution in [1.82, 2.24) is 15.6 Å². The number of carbonyl (C=O) groups is 1. The first-order valence-corrected chi connectivity index (χ1v) is 7.44. The Hall–Kier alpha value is -2.19. The van der Waals surface area contributed by atoms with E-state index in [2.05, 4.69) is 15.6 Å². The summed E-state index contributed by atoms with van der Waals surface area (Å²) >= 11 is 0. The van der Waals surface area contributed by atoms with Crippen molar-refractivity contribution in [3.63, 3.8) is 0 Å². The molecule has 0 saturated heterocycles. The van der Waals surface area contributed by atoms with Crippen molar-refractivity contribution in [2.75, 3.05) is 13.2 Å². The van der Waals surface area contributed by atoms with Gasteiger partial charge in [0, 0.05) is 11.6 Å². The van der Waals surface area contributed by atoms with Crippen molar-refractivity contribution in [3.8, 4) is 5.75 Å². The third-order valence-electron chi connectivity index (χ3n) is 3.89. The zero-order valence-corrected chi connectivity index (χ0v) is 13.2. The van der Waals surface area contributed by atoms with Gasteiger partial charge in [0.2, 0.25) is 0 Å². The summed E-state index contributed by atoms with van der Waals surface area (Å²) in [5.74, 6) is 0.194. The minimum absolute atomic E-state index is 0.0137. The minimum Gasteiger partial charge on any atom is -0.485 e. The lowest BCUT2D eigenvalue weighted by Crippen LogP contribution is -2.53. The van der Waals surface area contributed by atoms with Gasteiger partial charge in [-0.2, -0.15) is 0 Å². The third kappa shape index (κ3) is 2.87. The van der Waals surface area contributed by atoms with Gasteiger partial charge in [-0.1, -0.05) is 0 Å². The predicted octanol–water partition coefficient (Wildman–Crippen LogP) is 0.948. The fourth-order valence-electron chi connectivity index (χ4n) is 2.70. The number of rotatable bonds is 4. The van der Waals surface area contributed by atoms with Gasteiger partial charge in [0.25, 0.3) is 0 Å². The first-order valence-electron chi connectivity index (χ1n) is 7.44. The van der Waals surface area contributed by atoms with Crippen LogP contribution in [0.5, 0.6) is 5.75 Å². The molecule has 0 fully saturated rings. The number of esters is 1. The number of fused-ring (bicyclic) bond motifs is 2. The molecule has 2 aromatic rings. The van der Waals surface area contributed by atoms with E-state index < -0.39 is 17.7 Å². The van der Waals surface area contributed by atoms with Crippen LogP contribution < -0.4 is 10.1 Å². The van der Waals surface area contributed by atoms with E-state index in [9.17, 15) is 9.90 Å². The van der Waals surface area contributed by atoms with E-state index in [1.165, 1.54) is 0 Å². The van der Waals surface area contributed by atoms with Crippen LogP contribution in [-0.4, -0.2) is 46.2 Å². The van der Waals surface area contributed by atoms with Gasteiger partial charge in [-0.05, 0) is 37.2 Å². The van der Waals surface area contributed by atoms with E-state index in [1.807, 2.05) is 0 Å². The molecule has 1 aliphatic heterocycles. The molecule has 0 aliphatic carbocycles. The number of nitrogens with zero attached hydrogens (tertiary/aromatic N) is 2. The average Bonchev–Trinajstić information content (AvgIpc) is 2.93. The monoisotopic (exact) mass is 321 g/mol. The quantitative estimate of drug-likeness (QED) is 0.802. The lowest BCUT2D eigenvalue weighted by Gasteiger charge is -2.42. The molecule has 8 nitrogen and oxygen atoms in total. The Morgan fingerprint density at radius 3 is 2.78 bits per heavy atom. The number of benzene rings is 1. The summed E-state index contributed by atoms with van der Waals surface area (Å²) in [6.45, 7) is 5.61. The van der Waals surface area contributed by atoms with Crippen LogP contribution in [0.15, 0.2) is 16.8 Å². The highest BCUT2D eigenvalue weighted by Crippen LogP contribution is 2.41. The van der Waals surface area contributed by atoms with Gasteiger partial charge in [-0.25, -0.2) is 4.63 Å². The lowest BCUT2D eigenvalue weighted by molar-refractivity contribution is -0.142. The molecule has 1 aromatic heterocycles. The van der Waals surface area contributed by atoms with Crippen molar-refractivity contribution in [1.29, 1.82) is 0 Å². The zero-order chi connectivity index (χ0) is 16.6. The highest BCUT2D eigenvalue weighted by Gasteiger charge is 2.43. The van der Waals surface area contributed by atoms with Crippen LogP contribution in [0, 0.1) is 0 Å². The second-order valence-corrected chi connectivity index (χ2v) is 5.96. The summed E-state index contributed by atoms with van der Waals surface area (Å²) in [6, 6.07) is 2.95. The van der Waals surface area contributed by atoms with Crippen molar-refractivity contribution in [2.24, 2.45) is 0 Å². The largest absolute Gasteiger partial charge is 0.485 e. The van der Waals surface area contributed by atoms with E-state index in [-0.39, 0.29) is 12.5 Å². The van der Waals surface area contributed by atoms with E-state index in [0.717, 1.165) is 0 Å². The Morgan fingerprint density at radius 1 is 1.39 bits per heavy atom. The first kappa shape index (κ1) is 15.7. The molecule has 2 N–H and O–H groups in total. The van der Waals surface area contributed by atoms with E-state index in [0.29, 0.717) is 29.0 Å². The van der Waals surface area contributed by atoms with Gasteiger partial charge in [-0.3, -0.25) is 10.1 Å². The van der Waals surface area contributed by atoms with E-state index in [4.69, 9.17) is 14.1 Å². The van der Waals surface area contributed by atoms with E-state index >= 15 is 0 Å². The van der Waals surface area contributed by atoms with Gasteiger partial charge >= 0.3 is 5.97 Å². The Morgan fingerprint density at radius 2 is 2.09 bits per heavy atom. The SMILES string of the molecule is CCOC(=O)CNC1c2cc3nonc3cc2OC(C)(C)C1O. The minimum atomic E-state index is -0.860. The Balaban J connectivity index is 1.95. The molecular formula is C15H19N3O5. The number of carbonyl (C=O) groups excluding carboxylic acids is 1. The summed E-state index contributed by atoms with van der Waals surface area (Å²) in [7, 11) is 0. The molecule has 0 amide bonds. The van der Waals surface area contributed by atoms with Crippen LogP contribution in [0.1, 0.15) is 32.4 Å². The van der Waals surface area contributed by atoms with Gasteiger partial charge in [0.15, 0.2) is 0 Å².